The fraction of sp³-hybridized carbons (Fsp3) is 0.500. The second-order valence-corrected chi connectivity index (χ2v) is 11.0. The summed E-state index contributed by atoms with van der Waals surface area (Å²) in [6.45, 7) is 0.766. The monoisotopic (exact) mass is 586 g/mol. The number of rotatable bonds is 18. The Morgan fingerprint density at radius 1 is 1.02 bits per heavy atom. The molecule has 0 aliphatic carbocycles. The number of amides is 1. The van der Waals surface area contributed by atoms with Crippen molar-refractivity contribution in [3.05, 3.63) is 65.7 Å². The molecule has 8 nitrogen and oxygen atoms in total. The Morgan fingerprint density at radius 2 is 1.70 bits per heavy atom. The minimum atomic E-state index is -4.44. The van der Waals surface area contributed by atoms with Crippen LogP contribution in [0.4, 0.5) is 13.2 Å². The number of halogens is 3. The smallest absolute Gasteiger partial charge is 0.422 e. The zero-order chi connectivity index (χ0) is 29.4. The normalized spacial score (nSPS) is 12.8. The third-order valence-electron chi connectivity index (χ3n) is 5.82. The van der Waals surface area contributed by atoms with Crippen LogP contribution in [0, 0.1) is 0 Å². The van der Waals surface area contributed by atoms with Gasteiger partial charge in [-0.15, -0.1) is 0 Å². The predicted octanol–water partition coefficient (Wildman–Crippen LogP) is 6.46. The molecule has 1 unspecified atom stereocenters. The largest absolute Gasteiger partial charge is 0.487 e. The molecule has 0 saturated heterocycles. The average molecular weight is 587 g/mol. The molecular weight excluding hydrogens is 548 g/mol. The van der Waals surface area contributed by atoms with Crippen molar-refractivity contribution < 1.29 is 41.8 Å². The highest BCUT2D eigenvalue weighted by Gasteiger charge is 2.28. The molecule has 3 N–H and O–H groups in total. The summed E-state index contributed by atoms with van der Waals surface area (Å²) in [6.07, 6.45) is 6.40. The van der Waals surface area contributed by atoms with E-state index < -0.39 is 26.4 Å². The summed E-state index contributed by atoms with van der Waals surface area (Å²) in [5, 5.41) is 2.84. The molecule has 1 aromatic heterocycles. The average Bonchev–Trinajstić information content (AvgIpc) is 2.89. The Morgan fingerprint density at radius 3 is 2.35 bits per heavy atom. The van der Waals surface area contributed by atoms with Crippen molar-refractivity contribution in [2.24, 2.45) is 0 Å². The van der Waals surface area contributed by atoms with Crippen molar-refractivity contribution in [2.45, 2.75) is 83.5 Å². The lowest BCUT2D eigenvalue weighted by Crippen LogP contribution is -2.34. The Bertz CT molecular complexity index is 1110. The molecule has 0 saturated carbocycles. The maximum Gasteiger partial charge on any atom is 0.422 e. The summed E-state index contributed by atoms with van der Waals surface area (Å²) < 4.78 is 58.8. The summed E-state index contributed by atoms with van der Waals surface area (Å²) in [4.78, 5) is 35.0. The molecule has 0 bridgehead atoms. The van der Waals surface area contributed by atoms with E-state index in [0.29, 0.717) is 24.3 Å². The first-order valence-electron chi connectivity index (χ1n) is 13.3. The molecule has 0 fully saturated rings. The van der Waals surface area contributed by atoms with Gasteiger partial charge in [0.15, 0.2) is 6.61 Å². The first kappa shape index (κ1) is 33.3. The fourth-order valence-electron chi connectivity index (χ4n) is 3.83. The van der Waals surface area contributed by atoms with E-state index in [1.165, 1.54) is 43.7 Å². The molecule has 2 aromatic rings. The van der Waals surface area contributed by atoms with E-state index in [-0.39, 0.29) is 18.3 Å². The lowest BCUT2D eigenvalue weighted by molar-refractivity contribution is -0.153. The fourth-order valence-corrected chi connectivity index (χ4v) is 4.26. The molecule has 0 aliphatic heterocycles. The van der Waals surface area contributed by atoms with Gasteiger partial charge in [0.2, 0.25) is 5.91 Å². The zero-order valence-electron chi connectivity index (χ0n) is 22.6. The molecule has 0 spiro atoms. The van der Waals surface area contributed by atoms with Gasteiger partial charge in [0.1, 0.15) is 18.1 Å². The number of hydrogen-bond donors (Lipinski definition) is 3. The van der Waals surface area contributed by atoms with Crippen LogP contribution < -0.4 is 14.8 Å². The lowest BCUT2D eigenvalue weighted by Gasteiger charge is -2.16. The summed E-state index contributed by atoms with van der Waals surface area (Å²) in [7, 11) is -4.39. The van der Waals surface area contributed by atoms with Gasteiger partial charge in [-0.1, -0.05) is 63.7 Å². The number of unbranched alkanes of at least 4 members (excludes halogenated alkanes) is 6. The summed E-state index contributed by atoms with van der Waals surface area (Å²) >= 11 is 0. The van der Waals surface area contributed by atoms with Crippen LogP contribution in [-0.2, 0) is 22.4 Å². The Labute approximate surface area is 233 Å². The molecule has 222 valence electrons. The number of ether oxygens (including phenoxy) is 2. The molecule has 0 radical (unpaired) electrons. The minimum absolute atomic E-state index is 0.00483. The summed E-state index contributed by atoms with van der Waals surface area (Å²) in [6, 6.07) is 8.97. The SMILES string of the molecule is CCCCCCCCCC(=O)NC(C=CP(=O)(O)O)Cc1ccc(OCc2cc(OCC(F)(F)F)ccn2)cc1. The van der Waals surface area contributed by atoms with E-state index >= 15 is 0 Å². The van der Waals surface area contributed by atoms with E-state index in [9.17, 15) is 32.3 Å². The molecule has 1 amide bonds. The van der Waals surface area contributed by atoms with E-state index in [1.807, 2.05) is 0 Å². The van der Waals surface area contributed by atoms with E-state index in [0.717, 1.165) is 37.1 Å². The lowest BCUT2D eigenvalue weighted by atomic mass is 10.0. The summed E-state index contributed by atoms with van der Waals surface area (Å²) in [5.74, 6) is 1.13. The van der Waals surface area contributed by atoms with Crippen LogP contribution in [0.2, 0.25) is 0 Å². The number of carbonyl (C=O) groups excluding carboxylic acids is 1. The number of pyridine rings is 1. The number of carbonyl (C=O) groups is 1. The number of nitrogens with zero attached hydrogens (tertiary/aromatic N) is 1. The Hall–Kier alpha value is -2.88. The number of alkyl halides is 3. The number of nitrogens with one attached hydrogen (secondary N) is 1. The Kier molecular flexibility index (Phi) is 14.2. The number of aromatic nitrogens is 1. The van der Waals surface area contributed by atoms with Crippen molar-refractivity contribution in [3.8, 4) is 11.5 Å². The molecule has 2 rings (SSSR count). The van der Waals surface area contributed by atoms with Crippen LogP contribution in [0.1, 0.15) is 69.5 Å². The van der Waals surface area contributed by atoms with Gasteiger partial charge in [-0.2, -0.15) is 13.2 Å². The van der Waals surface area contributed by atoms with Gasteiger partial charge < -0.3 is 24.6 Å². The molecule has 1 aromatic carbocycles. The van der Waals surface area contributed by atoms with Crippen molar-refractivity contribution in [1.82, 2.24) is 10.3 Å². The second-order valence-electron chi connectivity index (χ2n) is 9.50. The van der Waals surface area contributed by atoms with Gasteiger partial charge in [0.05, 0.1) is 11.7 Å². The predicted molar refractivity (Wildman–Crippen MR) is 146 cm³/mol. The quantitative estimate of drug-likeness (QED) is 0.136. The molecular formula is C28H38F3N2O6P. The molecule has 1 heterocycles. The van der Waals surface area contributed by atoms with Gasteiger partial charge in [-0.05, 0) is 36.6 Å². The highest BCUT2D eigenvalue weighted by molar-refractivity contribution is 7.55. The third kappa shape index (κ3) is 15.6. The van der Waals surface area contributed by atoms with E-state index in [2.05, 4.69) is 17.2 Å². The molecule has 0 aliphatic rings. The van der Waals surface area contributed by atoms with Gasteiger partial charge >= 0.3 is 13.8 Å². The van der Waals surface area contributed by atoms with Crippen LogP contribution in [0.5, 0.6) is 11.5 Å². The number of benzene rings is 1. The van der Waals surface area contributed by atoms with Crippen LogP contribution in [0.25, 0.3) is 0 Å². The van der Waals surface area contributed by atoms with Crippen LogP contribution in [-0.4, -0.2) is 39.5 Å². The summed E-state index contributed by atoms with van der Waals surface area (Å²) in [5.41, 5.74) is 1.18. The highest BCUT2D eigenvalue weighted by atomic mass is 31.2. The van der Waals surface area contributed by atoms with Crippen LogP contribution in [0.15, 0.2) is 54.5 Å². The number of hydrogen-bond acceptors (Lipinski definition) is 5. The molecule has 1 atom stereocenters. The minimum Gasteiger partial charge on any atom is -0.487 e. The van der Waals surface area contributed by atoms with E-state index in [4.69, 9.17) is 9.47 Å². The third-order valence-corrected chi connectivity index (χ3v) is 6.38. The zero-order valence-corrected chi connectivity index (χ0v) is 23.5. The first-order chi connectivity index (χ1) is 18.9. The Balaban J connectivity index is 1.89. The van der Waals surface area contributed by atoms with E-state index in [1.54, 1.807) is 24.3 Å². The maximum atomic E-state index is 12.5. The molecule has 12 heteroatoms. The van der Waals surface area contributed by atoms with Gasteiger partial charge in [0.25, 0.3) is 0 Å². The van der Waals surface area contributed by atoms with Crippen molar-refractivity contribution >= 4 is 13.5 Å². The first-order valence-corrected chi connectivity index (χ1v) is 15.0. The van der Waals surface area contributed by atoms with Crippen LogP contribution in [0.3, 0.4) is 0 Å². The van der Waals surface area contributed by atoms with Crippen molar-refractivity contribution in [3.63, 3.8) is 0 Å². The topological polar surface area (TPSA) is 118 Å². The van der Waals surface area contributed by atoms with Gasteiger partial charge in [0, 0.05) is 24.5 Å². The van der Waals surface area contributed by atoms with Gasteiger partial charge in [-0.25, -0.2) is 0 Å². The second kappa shape index (κ2) is 17.0. The standard InChI is InChI=1S/C28H38F3N2O6P/c1-2-3-4-5-6-7-8-9-27(34)33-23(15-17-40(35,36)37)18-22-10-12-25(13-11-22)38-20-24-19-26(14-16-32-24)39-21-28(29,30)31/h10-17,19,23H,2-9,18,20-21H2,1H3,(H,33,34)(H2,35,36,37). The molecule has 40 heavy (non-hydrogen) atoms. The van der Waals surface area contributed by atoms with Crippen LogP contribution >= 0.6 is 7.60 Å². The highest BCUT2D eigenvalue weighted by Crippen LogP contribution is 2.36. The maximum absolute atomic E-state index is 12.5. The van der Waals surface area contributed by atoms with Gasteiger partial charge in [-0.3, -0.25) is 14.3 Å². The van der Waals surface area contributed by atoms with Crippen molar-refractivity contribution in [2.75, 3.05) is 6.61 Å². The van der Waals surface area contributed by atoms with Crippen molar-refractivity contribution in [1.29, 1.82) is 0 Å².